The number of hydrogen-bond donors (Lipinski definition) is 6. The summed E-state index contributed by atoms with van der Waals surface area (Å²) in [5.74, 6) is -7.39. The van der Waals surface area contributed by atoms with E-state index in [0.717, 1.165) is 77.0 Å². The van der Waals surface area contributed by atoms with Gasteiger partial charge in [-0.2, -0.15) is 0 Å². The van der Waals surface area contributed by atoms with Gasteiger partial charge in [0, 0.05) is 38.5 Å². The van der Waals surface area contributed by atoms with Crippen molar-refractivity contribution >= 4 is 68.5 Å². The summed E-state index contributed by atoms with van der Waals surface area (Å²) >= 11 is -4.38. The van der Waals surface area contributed by atoms with E-state index in [0.29, 0.717) is 19.3 Å². The zero-order chi connectivity index (χ0) is 64.9. The van der Waals surface area contributed by atoms with Gasteiger partial charge in [-0.1, -0.05) is 290 Å². The van der Waals surface area contributed by atoms with Gasteiger partial charge in [-0.3, -0.25) is 43.2 Å². The molecule has 0 aliphatic heterocycles. The summed E-state index contributed by atoms with van der Waals surface area (Å²) < 4.78 is 16.9. The average Bonchev–Trinajstić information content (AvgIpc) is 3.66. The molecule has 0 aromatic rings. The molecule has 18 nitrogen and oxygen atoms in total. The molecule has 0 aliphatic carbocycles. The summed E-state index contributed by atoms with van der Waals surface area (Å²) in [6.45, 7) is 6.70. The Labute approximate surface area is 539 Å². The van der Waals surface area contributed by atoms with Gasteiger partial charge in [0.25, 0.3) is 17.9 Å². The lowest BCUT2D eigenvalue weighted by atomic mass is 10.0. The Bertz CT molecular complexity index is 1610. The van der Waals surface area contributed by atoms with Crippen molar-refractivity contribution in [3.8, 4) is 0 Å². The van der Waals surface area contributed by atoms with Crippen molar-refractivity contribution in [3.63, 3.8) is 0 Å². The summed E-state index contributed by atoms with van der Waals surface area (Å²) in [6, 6.07) is -4.45. The van der Waals surface area contributed by atoms with Gasteiger partial charge in [0.2, 0.25) is 35.4 Å². The average molecular weight is 1260 g/mol. The highest BCUT2D eigenvalue weighted by Crippen LogP contribution is 2.19. The molecule has 0 unspecified atom stereocenters. The van der Waals surface area contributed by atoms with Crippen molar-refractivity contribution in [3.05, 3.63) is 0 Å². The minimum Gasteiger partial charge on any atom is -0.549 e. The quantitative estimate of drug-likeness (QED) is 0.0245. The molecule has 0 aromatic carbocycles. The fraction of sp³-hybridized carbons (Fsp3) is 0.870. The molecule has 0 saturated heterocycles. The van der Waals surface area contributed by atoms with Crippen molar-refractivity contribution in [2.75, 3.05) is 0 Å². The molecule has 0 rings (SSSR count). The SMILES string of the molecule is CCCCCCCCCCCCCCCCCC(=O)N[C@@H](CCC(N)=O)C(=O)[O][Al]([O]C(=O)[C@H](CCC(N)=O)NC(=O)CCCCCCCCCCCCCCCCC)[O]C(=O)[C@H](CCC(N)=O)NC(=O)CCCCCCCCCCCCCCCCC. The van der Waals surface area contributed by atoms with Crippen LogP contribution in [0.15, 0.2) is 0 Å². The fourth-order valence-corrected chi connectivity index (χ4v) is 12.2. The van der Waals surface area contributed by atoms with Gasteiger partial charge in [0.1, 0.15) is 18.1 Å². The summed E-state index contributed by atoms with van der Waals surface area (Å²) in [6.07, 6.45) is 50.1. The molecule has 0 spiro atoms. The molecular formula is C69H129AlN6O12. The molecular weight excluding hydrogens is 1130 g/mol. The van der Waals surface area contributed by atoms with Crippen LogP contribution < -0.4 is 33.2 Å². The number of primary amides is 3. The van der Waals surface area contributed by atoms with Crippen LogP contribution in [0.2, 0.25) is 0 Å². The second-order valence-electron chi connectivity index (χ2n) is 25.1. The number of nitrogens with two attached hydrogens (primary N) is 3. The zero-order valence-electron chi connectivity index (χ0n) is 56.1. The molecule has 6 amide bonds. The minimum atomic E-state index is -4.38. The maximum Gasteiger partial charge on any atom is 1.20 e. The predicted molar refractivity (Wildman–Crippen MR) is 354 cm³/mol. The Morgan fingerprint density at radius 1 is 0.261 bits per heavy atom. The number of hydrogen-bond acceptors (Lipinski definition) is 12. The van der Waals surface area contributed by atoms with E-state index in [1.54, 1.807) is 0 Å². The predicted octanol–water partition coefficient (Wildman–Crippen LogP) is 14.6. The van der Waals surface area contributed by atoms with E-state index in [-0.39, 0.29) is 57.8 Å². The summed E-state index contributed by atoms with van der Waals surface area (Å²) in [5, 5.41) is 7.82. The van der Waals surface area contributed by atoms with Gasteiger partial charge in [-0.05, 0) is 38.5 Å². The summed E-state index contributed by atoms with van der Waals surface area (Å²) in [4.78, 5) is 118. The van der Waals surface area contributed by atoms with E-state index in [1.165, 1.54) is 193 Å². The number of unbranched alkanes of at least 4 members (excludes halogenated alkanes) is 42. The lowest BCUT2D eigenvalue weighted by Crippen LogP contribution is -2.50. The molecule has 0 heterocycles. The van der Waals surface area contributed by atoms with E-state index in [9.17, 15) is 43.2 Å². The maximum atomic E-state index is 14.0. The van der Waals surface area contributed by atoms with Gasteiger partial charge >= 0.3 is 15.1 Å². The largest absolute Gasteiger partial charge is 1.20 e. The second kappa shape index (κ2) is 61.6. The Kier molecular flexibility index (Phi) is 58.6. The monoisotopic (exact) mass is 1260 g/mol. The van der Waals surface area contributed by atoms with Crippen LogP contribution in [0.25, 0.3) is 0 Å². The van der Waals surface area contributed by atoms with E-state index >= 15 is 0 Å². The fourth-order valence-electron chi connectivity index (χ4n) is 11.0. The topological polar surface area (TPSA) is 295 Å². The van der Waals surface area contributed by atoms with E-state index in [2.05, 4.69) is 36.7 Å². The number of carbonyl (C=O) groups is 9. The first-order chi connectivity index (χ1) is 42.6. The van der Waals surface area contributed by atoms with Gasteiger partial charge in [0.15, 0.2) is 0 Å². The number of nitrogens with one attached hydrogen (secondary N) is 3. The Hall–Kier alpha value is -4.24. The van der Waals surface area contributed by atoms with Gasteiger partial charge in [0.05, 0.1) is 0 Å². The molecule has 19 heteroatoms. The first-order valence-corrected chi connectivity index (χ1v) is 37.4. The van der Waals surface area contributed by atoms with Crippen LogP contribution in [0.4, 0.5) is 0 Å². The lowest BCUT2D eigenvalue weighted by Gasteiger charge is -2.23. The van der Waals surface area contributed by atoms with Gasteiger partial charge in [-0.25, -0.2) is 0 Å². The Morgan fingerprint density at radius 2 is 0.420 bits per heavy atom. The number of amides is 6. The van der Waals surface area contributed by atoms with Crippen LogP contribution in [0.1, 0.15) is 367 Å². The Morgan fingerprint density at radius 3 is 0.580 bits per heavy atom. The van der Waals surface area contributed by atoms with Crippen LogP contribution in [0.5, 0.6) is 0 Å². The number of rotatable bonds is 66. The van der Waals surface area contributed by atoms with Gasteiger partial charge < -0.3 is 44.5 Å². The first-order valence-electron chi connectivity index (χ1n) is 36.0. The summed E-state index contributed by atoms with van der Waals surface area (Å²) in [5.41, 5.74) is 16.4. The third kappa shape index (κ3) is 55.8. The van der Waals surface area contributed by atoms with Crippen LogP contribution in [0.3, 0.4) is 0 Å². The molecule has 0 aliphatic rings. The standard InChI is InChI=1S/3C23H44N2O4.Al/c3*1-2-3-4-5-6-7-8-9-10-11-12-13-14-15-16-17-22(27)25-20(23(28)29)18-19-21(24)26;/h3*20H,2-19H2,1H3,(H2,24,26)(H,25,27)(H,28,29);/q;;;+3/p-3/t3*20-;/m000./s1. The highest BCUT2D eigenvalue weighted by atomic mass is 27.3. The third-order valence-electron chi connectivity index (χ3n) is 16.6. The van der Waals surface area contributed by atoms with Crippen molar-refractivity contribution < 1.29 is 54.5 Å². The van der Waals surface area contributed by atoms with E-state index in [1.807, 2.05) is 0 Å². The zero-order valence-corrected chi connectivity index (χ0v) is 57.3. The molecule has 0 radical (unpaired) electrons. The molecule has 0 aromatic heterocycles. The van der Waals surface area contributed by atoms with Crippen LogP contribution >= 0.6 is 0 Å². The maximum absolute atomic E-state index is 14.0. The molecule has 0 saturated carbocycles. The smallest absolute Gasteiger partial charge is 0.549 e. The van der Waals surface area contributed by atoms with Gasteiger partial charge in [-0.15, -0.1) is 0 Å². The van der Waals surface area contributed by atoms with Crippen molar-refractivity contribution in [2.24, 2.45) is 17.2 Å². The number of carbonyl (C=O) groups excluding carboxylic acids is 9. The third-order valence-corrected chi connectivity index (χ3v) is 17.8. The highest BCUT2D eigenvalue weighted by Gasteiger charge is 2.52. The molecule has 3 atom stereocenters. The normalized spacial score (nSPS) is 12.2. The molecule has 510 valence electrons. The molecule has 0 fully saturated rings. The van der Waals surface area contributed by atoms with Crippen molar-refractivity contribution in [2.45, 2.75) is 386 Å². The van der Waals surface area contributed by atoms with Crippen molar-refractivity contribution in [1.29, 1.82) is 0 Å². The Balaban J connectivity index is 5.92. The van der Waals surface area contributed by atoms with E-state index in [4.69, 9.17) is 28.6 Å². The van der Waals surface area contributed by atoms with Crippen molar-refractivity contribution in [1.82, 2.24) is 16.0 Å². The minimum absolute atomic E-state index is 0.0741. The molecule has 88 heavy (non-hydrogen) atoms. The second-order valence-corrected chi connectivity index (χ2v) is 26.4. The van der Waals surface area contributed by atoms with E-state index < -0.39 is 86.6 Å². The molecule has 0 bridgehead atoms. The lowest BCUT2D eigenvalue weighted by molar-refractivity contribution is -0.153. The van der Waals surface area contributed by atoms with Crippen LogP contribution in [0, 0.1) is 0 Å². The van der Waals surface area contributed by atoms with Crippen LogP contribution in [-0.4, -0.2) is 86.6 Å². The first kappa shape index (κ1) is 83.8. The highest BCUT2D eigenvalue weighted by molar-refractivity contribution is 6.44. The molecule has 9 N–H and O–H groups in total. The summed E-state index contributed by atoms with van der Waals surface area (Å²) in [7, 11) is 0. The van der Waals surface area contributed by atoms with Crippen LogP contribution in [-0.2, 0) is 54.5 Å².